The Morgan fingerprint density at radius 3 is 1.35 bits per heavy atom. The van der Waals surface area contributed by atoms with Gasteiger partial charge in [-0.1, -0.05) is 76.0 Å². The Hall–Kier alpha value is -6.17. The van der Waals surface area contributed by atoms with Crippen molar-refractivity contribution in [2.45, 2.75) is 26.9 Å². The Morgan fingerprint density at radius 1 is 0.545 bits per heavy atom. The molecule has 282 valence electrons. The van der Waals surface area contributed by atoms with Crippen molar-refractivity contribution in [2.24, 2.45) is 21.8 Å². The van der Waals surface area contributed by atoms with E-state index in [1.165, 1.54) is 24.3 Å². The van der Waals surface area contributed by atoms with E-state index in [1.54, 1.807) is 37.3 Å². The highest BCUT2D eigenvalue weighted by Gasteiger charge is 2.33. The lowest BCUT2D eigenvalue weighted by Gasteiger charge is -2.20. The van der Waals surface area contributed by atoms with Crippen molar-refractivity contribution in [3.8, 4) is 56.0 Å². The Bertz CT molecular complexity index is 2430. The molecule has 55 heavy (non-hydrogen) atoms. The lowest BCUT2D eigenvalue weighted by molar-refractivity contribution is -0.137. The van der Waals surface area contributed by atoms with E-state index in [9.17, 15) is 33.8 Å². The summed E-state index contributed by atoms with van der Waals surface area (Å²) >= 11 is 12.4. The van der Waals surface area contributed by atoms with Crippen LogP contribution in [0.2, 0.25) is 10.0 Å². The number of aryl methyl sites for hydroxylation is 3. The van der Waals surface area contributed by atoms with Gasteiger partial charge in [-0.3, -0.25) is 0 Å². The number of amidine groups is 2. The fourth-order valence-electron chi connectivity index (χ4n) is 6.15. The number of hydrogen-bond acceptors (Lipinski definition) is 6. The van der Waals surface area contributed by atoms with Crippen molar-refractivity contribution in [2.75, 3.05) is 0 Å². The average molecular weight is 788 g/mol. The topological polar surface area (TPSA) is 158 Å². The largest absolute Gasteiger partial charge is 0.508 e. The van der Waals surface area contributed by atoms with Crippen molar-refractivity contribution in [1.82, 2.24) is 0 Å². The minimum atomic E-state index is -4.65. The van der Waals surface area contributed by atoms with Crippen LogP contribution in [-0.2, 0) is 6.18 Å². The summed E-state index contributed by atoms with van der Waals surface area (Å²) in [5, 5.41) is 44.8. The molecule has 0 atom stereocenters. The minimum Gasteiger partial charge on any atom is -0.508 e. The Kier molecular flexibility index (Phi) is 12.0. The van der Waals surface area contributed by atoms with Gasteiger partial charge in [-0.25, -0.2) is 0 Å². The van der Waals surface area contributed by atoms with Gasteiger partial charge in [0.2, 0.25) is 0 Å². The SMILES string of the molecule is Cc1cc(C(N)=NO)c(-c2cc(Cl)ccc2C)c(-c2ccc(O)cc2)c1.Cc1ccc(Cl)cc1-c1c(C(N)=NO)cc(C(F)(F)F)cc1-c1ccc(O)cc1. The van der Waals surface area contributed by atoms with Crippen LogP contribution >= 0.6 is 23.2 Å². The quantitative estimate of drug-likeness (QED) is 0.0427. The number of alkyl halides is 3. The molecular weight excluding hydrogens is 752 g/mol. The van der Waals surface area contributed by atoms with Crippen LogP contribution in [0.4, 0.5) is 13.2 Å². The fourth-order valence-corrected chi connectivity index (χ4v) is 6.49. The molecule has 0 saturated heterocycles. The van der Waals surface area contributed by atoms with Gasteiger partial charge in [0.1, 0.15) is 11.5 Å². The van der Waals surface area contributed by atoms with Crippen molar-refractivity contribution in [3.05, 3.63) is 153 Å². The first-order valence-electron chi connectivity index (χ1n) is 16.5. The highest BCUT2D eigenvalue weighted by atomic mass is 35.5. The third-order valence-corrected chi connectivity index (χ3v) is 9.28. The van der Waals surface area contributed by atoms with Gasteiger partial charge in [0.05, 0.1) is 5.56 Å². The average Bonchev–Trinajstić information content (AvgIpc) is 3.16. The normalized spacial score (nSPS) is 11.9. The summed E-state index contributed by atoms with van der Waals surface area (Å²) in [5.41, 5.74) is 19.1. The van der Waals surface area contributed by atoms with Crippen molar-refractivity contribution >= 4 is 34.9 Å². The van der Waals surface area contributed by atoms with E-state index < -0.39 is 17.6 Å². The number of halogens is 5. The molecule has 0 aliphatic carbocycles. The first kappa shape index (κ1) is 40.0. The maximum absolute atomic E-state index is 13.6. The number of benzene rings is 6. The van der Waals surface area contributed by atoms with E-state index in [1.807, 2.05) is 56.3 Å². The third-order valence-electron chi connectivity index (χ3n) is 8.81. The molecule has 6 aromatic rings. The lowest BCUT2D eigenvalue weighted by atomic mass is 9.86. The number of phenolic OH excluding ortho intramolecular Hbond substituents is 2. The molecule has 0 unspecified atom stereocenters. The first-order valence-corrected chi connectivity index (χ1v) is 17.3. The van der Waals surface area contributed by atoms with Gasteiger partial charge < -0.3 is 32.1 Å². The lowest BCUT2D eigenvalue weighted by Crippen LogP contribution is -2.17. The molecule has 0 aliphatic rings. The molecule has 0 bridgehead atoms. The number of hydrogen-bond donors (Lipinski definition) is 6. The summed E-state index contributed by atoms with van der Waals surface area (Å²) in [7, 11) is 0. The van der Waals surface area contributed by atoms with Crippen LogP contribution in [0.3, 0.4) is 0 Å². The summed E-state index contributed by atoms with van der Waals surface area (Å²) in [6.07, 6.45) is -4.65. The summed E-state index contributed by atoms with van der Waals surface area (Å²) < 4.78 is 40.7. The number of rotatable bonds is 6. The highest BCUT2D eigenvalue weighted by molar-refractivity contribution is 6.31. The maximum atomic E-state index is 13.6. The van der Waals surface area contributed by atoms with Crippen LogP contribution in [-0.4, -0.2) is 32.3 Å². The molecular formula is C42H35Cl2F3N4O4. The van der Waals surface area contributed by atoms with Crippen molar-refractivity contribution in [3.63, 3.8) is 0 Å². The van der Waals surface area contributed by atoms with E-state index in [4.69, 9.17) is 34.7 Å². The molecule has 0 fully saturated rings. The number of nitrogens with two attached hydrogens (primary N) is 2. The molecule has 0 spiro atoms. The second kappa shape index (κ2) is 16.5. The van der Waals surface area contributed by atoms with Crippen LogP contribution in [0.25, 0.3) is 44.5 Å². The van der Waals surface area contributed by atoms with E-state index in [2.05, 4.69) is 10.3 Å². The van der Waals surface area contributed by atoms with Crippen molar-refractivity contribution in [1.29, 1.82) is 0 Å². The van der Waals surface area contributed by atoms with E-state index in [0.29, 0.717) is 32.3 Å². The number of aromatic hydroxyl groups is 2. The van der Waals surface area contributed by atoms with E-state index >= 15 is 0 Å². The van der Waals surface area contributed by atoms with Gasteiger partial charge in [0.15, 0.2) is 11.7 Å². The van der Waals surface area contributed by atoms with Gasteiger partial charge in [0.25, 0.3) is 0 Å². The molecule has 0 amide bonds. The molecule has 6 aromatic carbocycles. The van der Waals surface area contributed by atoms with Crippen molar-refractivity contribution < 1.29 is 33.8 Å². The molecule has 0 saturated carbocycles. The van der Waals surface area contributed by atoms with Gasteiger partial charge in [-0.15, -0.1) is 0 Å². The summed E-state index contributed by atoms with van der Waals surface area (Å²) in [6.45, 7) is 5.72. The number of oxime groups is 2. The summed E-state index contributed by atoms with van der Waals surface area (Å²) in [6, 6.07) is 29.1. The molecule has 0 radical (unpaired) electrons. The van der Waals surface area contributed by atoms with Gasteiger partial charge in [-0.2, -0.15) is 13.2 Å². The Balaban J connectivity index is 0.000000212. The zero-order valence-corrected chi connectivity index (χ0v) is 31.1. The molecule has 0 aliphatic heterocycles. The maximum Gasteiger partial charge on any atom is 0.416 e. The first-order chi connectivity index (χ1) is 26.0. The van der Waals surface area contributed by atoms with Crippen LogP contribution in [0.5, 0.6) is 11.5 Å². The summed E-state index contributed by atoms with van der Waals surface area (Å²) in [5.74, 6) is -0.273. The van der Waals surface area contributed by atoms with Gasteiger partial charge in [-0.05, 0) is 138 Å². The van der Waals surface area contributed by atoms with Gasteiger partial charge in [0, 0.05) is 32.3 Å². The molecule has 0 heterocycles. The second-order valence-electron chi connectivity index (χ2n) is 12.7. The number of nitrogens with zero attached hydrogens (tertiary/aromatic N) is 2. The minimum absolute atomic E-state index is 0.0297. The monoisotopic (exact) mass is 786 g/mol. The molecule has 6 rings (SSSR count). The molecule has 0 aromatic heterocycles. The summed E-state index contributed by atoms with van der Waals surface area (Å²) in [4.78, 5) is 0. The predicted octanol–water partition coefficient (Wildman–Crippen LogP) is 10.9. The molecule has 8 N–H and O–H groups in total. The molecule has 13 heteroatoms. The Labute approximate surface area is 325 Å². The second-order valence-corrected chi connectivity index (χ2v) is 13.5. The third kappa shape index (κ3) is 8.97. The highest BCUT2D eigenvalue weighted by Crippen LogP contribution is 2.43. The number of phenols is 2. The smallest absolute Gasteiger partial charge is 0.416 e. The molecule has 8 nitrogen and oxygen atoms in total. The van der Waals surface area contributed by atoms with E-state index in [0.717, 1.165) is 51.1 Å². The predicted molar refractivity (Wildman–Crippen MR) is 212 cm³/mol. The Morgan fingerprint density at radius 2 is 0.945 bits per heavy atom. The van der Waals surface area contributed by atoms with Crippen LogP contribution in [0.1, 0.15) is 33.4 Å². The van der Waals surface area contributed by atoms with Crippen LogP contribution in [0, 0.1) is 20.8 Å². The zero-order chi connectivity index (χ0) is 40.2. The van der Waals surface area contributed by atoms with Crippen LogP contribution in [0.15, 0.2) is 120 Å². The zero-order valence-electron chi connectivity index (χ0n) is 29.6. The fraction of sp³-hybridized carbons (Fsp3) is 0.0952. The van der Waals surface area contributed by atoms with Crippen LogP contribution < -0.4 is 11.5 Å². The van der Waals surface area contributed by atoms with E-state index in [-0.39, 0.29) is 28.5 Å². The standard InChI is InChI=1S/C21H16ClF3N2O2.C21H19ClN2O2/c1-11-2-5-14(22)10-16(11)19-17(12-3-6-15(28)7-4-12)8-13(21(23,24)25)9-18(19)20(26)27-29;1-12-9-18(14-4-7-16(25)8-5-14)20(19(10-12)21(23)24-26)17-11-15(22)6-3-13(17)2/h2-10,28-29H,1H3,(H2,26,27);3-11,25-26H,1-2H3,(H2,23,24). The van der Waals surface area contributed by atoms with Gasteiger partial charge >= 0.3 is 6.18 Å².